The maximum absolute atomic E-state index is 11.1. The third-order valence-electron chi connectivity index (χ3n) is 3.65. The van der Waals surface area contributed by atoms with Crippen molar-refractivity contribution in [2.45, 2.75) is 78.1 Å². The normalized spacial score (nSPS) is 10.3. The van der Waals surface area contributed by atoms with Gasteiger partial charge in [-0.2, -0.15) is 0 Å². The summed E-state index contributed by atoms with van der Waals surface area (Å²) in [6.45, 7) is 6.65. The van der Waals surface area contributed by atoms with Crippen LogP contribution in [0.1, 0.15) is 78.1 Å². The average molecular weight is 379 g/mol. The number of aliphatic hydroxyl groups is 2. The van der Waals surface area contributed by atoms with Crippen LogP contribution in [0.2, 0.25) is 0 Å². The smallest absolute Gasteiger partial charge is 0.305 e. The second-order valence-electron chi connectivity index (χ2n) is 6.06. The SMILES string of the molecule is CCCCCCCCCCCC(=O)OCCO.CCOCCOCCO. The summed E-state index contributed by atoms with van der Waals surface area (Å²) in [6.07, 6.45) is 11.7. The van der Waals surface area contributed by atoms with E-state index in [4.69, 9.17) is 24.4 Å². The predicted molar refractivity (Wildman–Crippen MR) is 104 cm³/mol. The first-order valence-electron chi connectivity index (χ1n) is 10.3. The van der Waals surface area contributed by atoms with E-state index in [-0.39, 0.29) is 25.8 Å². The van der Waals surface area contributed by atoms with Gasteiger partial charge in [-0.05, 0) is 13.3 Å². The van der Waals surface area contributed by atoms with E-state index in [9.17, 15) is 4.79 Å². The van der Waals surface area contributed by atoms with Gasteiger partial charge in [-0.15, -0.1) is 0 Å². The summed E-state index contributed by atoms with van der Waals surface area (Å²) in [4.78, 5) is 11.1. The van der Waals surface area contributed by atoms with E-state index in [0.717, 1.165) is 19.4 Å². The van der Waals surface area contributed by atoms with Crippen molar-refractivity contribution in [3.63, 3.8) is 0 Å². The number of hydrogen-bond acceptors (Lipinski definition) is 6. The zero-order chi connectivity index (χ0) is 19.7. The van der Waals surface area contributed by atoms with Gasteiger partial charge in [0.05, 0.1) is 33.0 Å². The lowest BCUT2D eigenvalue weighted by Crippen LogP contribution is -2.07. The van der Waals surface area contributed by atoms with Gasteiger partial charge in [0.25, 0.3) is 0 Å². The molecule has 0 spiro atoms. The van der Waals surface area contributed by atoms with E-state index in [1.165, 1.54) is 44.9 Å². The number of aliphatic hydroxyl groups excluding tert-OH is 2. The Morgan fingerprint density at radius 1 is 0.692 bits per heavy atom. The molecule has 0 aromatic rings. The number of ether oxygens (including phenoxy) is 3. The monoisotopic (exact) mass is 378 g/mol. The minimum Gasteiger partial charge on any atom is -0.463 e. The highest BCUT2D eigenvalue weighted by molar-refractivity contribution is 5.69. The molecule has 0 radical (unpaired) electrons. The molecule has 0 bridgehead atoms. The molecule has 0 aliphatic carbocycles. The van der Waals surface area contributed by atoms with Gasteiger partial charge in [-0.3, -0.25) is 4.79 Å². The Morgan fingerprint density at radius 2 is 1.23 bits per heavy atom. The molecule has 26 heavy (non-hydrogen) atoms. The van der Waals surface area contributed by atoms with Crippen LogP contribution in [0.5, 0.6) is 0 Å². The van der Waals surface area contributed by atoms with Crippen LogP contribution in [0.15, 0.2) is 0 Å². The molecule has 6 heteroatoms. The van der Waals surface area contributed by atoms with Crippen molar-refractivity contribution in [2.75, 3.05) is 46.2 Å². The van der Waals surface area contributed by atoms with E-state index >= 15 is 0 Å². The molecule has 0 aliphatic rings. The zero-order valence-electron chi connectivity index (χ0n) is 17.0. The summed E-state index contributed by atoms with van der Waals surface area (Å²) in [5.41, 5.74) is 0. The van der Waals surface area contributed by atoms with Gasteiger partial charge in [-0.1, -0.05) is 58.3 Å². The van der Waals surface area contributed by atoms with Gasteiger partial charge >= 0.3 is 5.97 Å². The second-order valence-corrected chi connectivity index (χ2v) is 6.06. The first-order valence-corrected chi connectivity index (χ1v) is 10.3. The van der Waals surface area contributed by atoms with Gasteiger partial charge in [-0.25, -0.2) is 0 Å². The van der Waals surface area contributed by atoms with Gasteiger partial charge in [0.15, 0.2) is 0 Å². The fourth-order valence-corrected chi connectivity index (χ4v) is 2.24. The highest BCUT2D eigenvalue weighted by Crippen LogP contribution is 2.10. The van der Waals surface area contributed by atoms with Gasteiger partial charge in [0, 0.05) is 13.0 Å². The van der Waals surface area contributed by atoms with Crippen molar-refractivity contribution in [1.82, 2.24) is 0 Å². The zero-order valence-corrected chi connectivity index (χ0v) is 17.0. The summed E-state index contributed by atoms with van der Waals surface area (Å²) in [7, 11) is 0. The van der Waals surface area contributed by atoms with Crippen molar-refractivity contribution in [2.24, 2.45) is 0 Å². The minimum absolute atomic E-state index is 0.0799. The Balaban J connectivity index is 0. The summed E-state index contributed by atoms with van der Waals surface area (Å²) in [5, 5.41) is 16.7. The molecule has 0 atom stereocenters. The predicted octanol–water partition coefficient (Wildman–Crippen LogP) is 3.47. The Bertz CT molecular complexity index is 255. The second kappa shape index (κ2) is 26.5. The van der Waals surface area contributed by atoms with E-state index in [0.29, 0.717) is 26.2 Å². The Morgan fingerprint density at radius 3 is 1.77 bits per heavy atom. The molecule has 0 unspecified atom stereocenters. The van der Waals surface area contributed by atoms with E-state index in [2.05, 4.69) is 6.92 Å². The molecular formula is C20H42O6. The molecule has 0 aromatic heterocycles. The fraction of sp³-hybridized carbons (Fsp3) is 0.950. The van der Waals surface area contributed by atoms with Crippen LogP contribution in [-0.4, -0.2) is 62.4 Å². The molecule has 6 nitrogen and oxygen atoms in total. The molecule has 158 valence electrons. The number of esters is 1. The van der Waals surface area contributed by atoms with Crippen molar-refractivity contribution >= 4 is 5.97 Å². The first kappa shape index (κ1) is 27.5. The lowest BCUT2D eigenvalue weighted by Gasteiger charge is -2.03. The maximum atomic E-state index is 11.1. The molecular weight excluding hydrogens is 336 g/mol. The van der Waals surface area contributed by atoms with Crippen molar-refractivity contribution in [1.29, 1.82) is 0 Å². The fourth-order valence-electron chi connectivity index (χ4n) is 2.24. The minimum atomic E-state index is -0.179. The Hall–Kier alpha value is -0.690. The van der Waals surface area contributed by atoms with Crippen LogP contribution in [0.25, 0.3) is 0 Å². The molecule has 0 saturated heterocycles. The number of unbranched alkanes of at least 4 members (excludes halogenated alkanes) is 8. The molecule has 0 aliphatic heterocycles. The van der Waals surface area contributed by atoms with E-state index in [1.54, 1.807) is 0 Å². The van der Waals surface area contributed by atoms with Gasteiger partial charge in [0.1, 0.15) is 6.61 Å². The molecule has 0 aromatic carbocycles. The van der Waals surface area contributed by atoms with Crippen molar-refractivity contribution < 1.29 is 29.2 Å². The first-order chi connectivity index (χ1) is 12.7. The van der Waals surface area contributed by atoms with Crippen LogP contribution in [-0.2, 0) is 19.0 Å². The number of hydrogen-bond donors (Lipinski definition) is 2. The number of carbonyl (C=O) groups excluding carboxylic acids is 1. The Labute approximate surface area is 160 Å². The molecule has 0 heterocycles. The van der Waals surface area contributed by atoms with Crippen LogP contribution in [0.3, 0.4) is 0 Å². The highest BCUT2D eigenvalue weighted by Gasteiger charge is 2.01. The molecule has 0 amide bonds. The van der Waals surface area contributed by atoms with Crippen LogP contribution in [0.4, 0.5) is 0 Å². The summed E-state index contributed by atoms with van der Waals surface area (Å²) >= 11 is 0. The third-order valence-corrected chi connectivity index (χ3v) is 3.65. The standard InChI is InChI=1S/C14H28O3.C6H14O3/c1-2-3-4-5-6-7-8-9-10-11-14(16)17-13-12-15;1-2-8-5-6-9-4-3-7/h15H,2-13H2,1H3;7H,2-6H2,1H3. The Kier molecular flexibility index (Phi) is 28.1. The van der Waals surface area contributed by atoms with Crippen LogP contribution < -0.4 is 0 Å². The average Bonchev–Trinajstić information content (AvgIpc) is 2.65. The van der Waals surface area contributed by atoms with Gasteiger partial charge < -0.3 is 24.4 Å². The van der Waals surface area contributed by atoms with Crippen molar-refractivity contribution in [3.05, 3.63) is 0 Å². The van der Waals surface area contributed by atoms with Gasteiger partial charge in [0.2, 0.25) is 0 Å². The number of carbonyl (C=O) groups is 1. The summed E-state index contributed by atoms with van der Waals surface area (Å²) in [5.74, 6) is -0.179. The quantitative estimate of drug-likeness (QED) is 0.281. The molecule has 0 fully saturated rings. The third kappa shape index (κ3) is 28.1. The van der Waals surface area contributed by atoms with E-state index in [1.807, 2.05) is 6.92 Å². The summed E-state index contributed by atoms with van der Waals surface area (Å²) < 4.78 is 14.7. The molecule has 0 rings (SSSR count). The molecule has 2 N–H and O–H groups in total. The maximum Gasteiger partial charge on any atom is 0.305 e. The molecule has 0 saturated carbocycles. The van der Waals surface area contributed by atoms with E-state index < -0.39 is 0 Å². The lowest BCUT2D eigenvalue weighted by atomic mass is 10.1. The summed E-state index contributed by atoms with van der Waals surface area (Å²) in [6, 6.07) is 0. The lowest BCUT2D eigenvalue weighted by molar-refractivity contribution is -0.144. The highest BCUT2D eigenvalue weighted by atomic mass is 16.5. The van der Waals surface area contributed by atoms with Crippen LogP contribution >= 0.6 is 0 Å². The topological polar surface area (TPSA) is 85.2 Å². The largest absolute Gasteiger partial charge is 0.463 e. The van der Waals surface area contributed by atoms with Crippen LogP contribution in [0, 0.1) is 0 Å². The van der Waals surface area contributed by atoms with Crippen molar-refractivity contribution in [3.8, 4) is 0 Å². The number of rotatable bonds is 18.